The summed E-state index contributed by atoms with van der Waals surface area (Å²) in [7, 11) is 0. The van der Waals surface area contributed by atoms with Gasteiger partial charge in [0.25, 0.3) is 0 Å². The van der Waals surface area contributed by atoms with E-state index in [2.05, 4.69) is 0 Å². The summed E-state index contributed by atoms with van der Waals surface area (Å²) in [6.07, 6.45) is -0.640. The molecular formula is C14H17NO4S. The van der Waals surface area contributed by atoms with Gasteiger partial charge in [0.15, 0.2) is 0 Å². The molecule has 0 saturated carbocycles. The molecule has 1 unspecified atom stereocenters. The number of carbonyl (C=O) groups excluding carboxylic acids is 1. The Balaban J connectivity index is 1.98. The topological polar surface area (TPSA) is 77.8 Å². The summed E-state index contributed by atoms with van der Waals surface area (Å²) in [5, 5.41) is 18.6. The van der Waals surface area contributed by atoms with Crippen LogP contribution in [0.25, 0.3) is 0 Å². The van der Waals surface area contributed by atoms with Crippen molar-refractivity contribution in [2.75, 3.05) is 12.3 Å². The van der Waals surface area contributed by atoms with Crippen LogP contribution >= 0.6 is 11.8 Å². The maximum Gasteiger partial charge on any atom is 0.326 e. The van der Waals surface area contributed by atoms with Crippen molar-refractivity contribution in [2.45, 2.75) is 30.4 Å². The van der Waals surface area contributed by atoms with Gasteiger partial charge in [-0.3, -0.25) is 4.79 Å². The van der Waals surface area contributed by atoms with E-state index in [1.54, 1.807) is 0 Å². The second-order valence-electron chi connectivity index (χ2n) is 4.84. The zero-order valence-corrected chi connectivity index (χ0v) is 12.0. The minimum absolute atomic E-state index is 0.101. The summed E-state index contributed by atoms with van der Waals surface area (Å²) >= 11 is 1.39. The average molecular weight is 295 g/mol. The standard InChI is InChI=1S/C14H17NO4S/c1-9-4-2-3-5-12(9)20-8-13(17)15-7-10(16)6-11(15)14(18)19/h2-5,10-11,16H,6-8H2,1H3,(H,18,19)/t10?,11-/m0/s1. The Kier molecular flexibility index (Phi) is 4.67. The number of hydrogen-bond donors (Lipinski definition) is 2. The number of amides is 1. The van der Waals surface area contributed by atoms with Crippen molar-refractivity contribution >= 4 is 23.6 Å². The van der Waals surface area contributed by atoms with E-state index < -0.39 is 18.1 Å². The smallest absolute Gasteiger partial charge is 0.326 e. The fourth-order valence-corrected chi connectivity index (χ4v) is 3.18. The van der Waals surface area contributed by atoms with E-state index >= 15 is 0 Å². The number of aryl methyl sites for hydroxylation is 1. The molecule has 0 aromatic heterocycles. The van der Waals surface area contributed by atoms with E-state index in [0.29, 0.717) is 0 Å². The third-order valence-electron chi connectivity index (χ3n) is 3.33. The summed E-state index contributed by atoms with van der Waals surface area (Å²) in [5.41, 5.74) is 1.08. The van der Waals surface area contributed by atoms with Gasteiger partial charge >= 0.3 is 5.97 Å². The monoisotopic (exact) mass is 295 g/mol. The number of nitrogens with zero attached hydrogens (tertiary/aromatic N) is 1. The predicted molar refractivity (Wildman–Crippen MR) is 75.7 cm³/mol. The molecule has 6 heteroatoms. The molecule has 1 aliphatic heterocycles. The molecule has 2 N–H and O–H groups in total. The van der Waals surface area contributed by atoms with Crippen molar-refractivity contribution in [3.63, 3.8) is 0 Å². The molecule has 1 aliphatic rings. The molecule has 0 spiro atoms. The lowest BCUT2D eigenvalue weighted by Crippen LogP contribution is -2.41. The van der Waals surface area contributed by atoms with Crippen LogP contribution in [0.5, 0.6) is 0 Å². The minimum Gasteiger partial charge on any atom is -0.480 e. The first kappa shape index (κ1) is 14.9. The quantitative estimate of drug-likeness (QED) is 0.814. The second kappa shape index (κ2) is 6.28. The molecule has 0 aliphatic carbocycles. The van der Waals surface area contributed by atoms with Crippen molar-refractivity contribution in [2.24, 2.45) is 0 Å². The summed E-state index contributed by atoms with van der Waals surface area (Å²) in [6, 6.07) is 6.82. The lowest BCUT2D eigenvalue weighted by molar-refractivity contribution is -0.147. The Morgan fingerprint density at radius 2 is 2.10 bits per heavy atom. The number of rotatable bonds is 4. The van der Waals surface area contributed by atoms with Gasteiger partial charge in [-0.2, -0.15) is 0 Å². The maximum absolute atomic E-state index is 12.1. The Labute approximate surface area is 121 Å². The highest BCUT2D eigenvalue weighted by Gasteiger charge is 2.38. The second-order valence-corrected chi connectivity index (χ2v) is 5.86. The molecule has 1 saturated heterocycles. The molecule has 0 radical (unpaired) electrons. The summed E-state index contributed by atoms with van der Waals surface area (Å²) in [6.45, 7) is 2.07. The minimum atomic E-state index is -1.06. The van der Waals surface area contributed by atoms with Crippen LogP contribution in [0.15, 0.2) is 29.2 Å². The molecule has 108 valence electrons. The zero-order chi connectivity index (χ0) is 14.7. The molecule has 1 aromatic rings. The van der Waals surface area contributed by atoms with Crippen LogP contribution in [0, 0.1) is 6.92 Å². The molecule has 1 aromatic carbocycles. The number of likely N-dealkylation sites (tertiary alicyclic amines) is 1. The first-order valence-corrected chi connectivity index (χ1v) is 7.36. The van der Waals surface area contributed by atoms with E-state index in [0.717, 1.165) is 10.5 Å². The van der Waals surface area contributed by atoms with Crippen LogP contribution < -0.4 is 0 Å². The Hall–Kier alpha value is -1.53. The molecule has 2 rings (SSSR count). The van der Waals surface area contributed by atoms with Gasteiger partial charge in [-0.05, 0) is 18.6 Å². The highest BCUT2D eigenvalue weighted by molar-refractivity contribution is 8.00. The first-order chi connectivity index (χ1) is 9.49. The largest absolute Gasteiger partial charge is 0.480 e. The van der Waals surface area contributed by atoms with Crippen LogP contribution in [0.3, 0.4) is 0 Å². The number of aliphatic hydroxyl groups is 1. The Bertz CT molecular complexity index is 520. The highest BCUT2D eigenvalue weighted by atomic mass is 32.2. The van der Waals surface area contributed by atoms with Gasteiger partial charge in [0.05, 0.1) is 11.9 Å². The number of aliphatic carboxylic acids is 1. The first-order valence-electron chi connectivity index (χ1n) is 6.38. The molecule has 1 amide bonds. The number of β-amino-alcohol motifs (C(OH)–C–C–N with tert-alkyl or cyclic N) is 1. The van der Waals surface area contributed by atoms with Gasteiger partial charge in [-0.15, -0.1) is 11.8 Å². The van der Waals surface area contributed by atoms with E-state index in [-0.39, 0.29) is 24.6 Å². The van der Waals surface area contributed by atoms with Gasteiger partial charge in [0.2, 0.25) is 5.91 Å². The lowest BCUT2D eigenvalue weighted by Gasteiger charge is -2.21. The maximum atomic E-state index is 12.1. The van der Waals surface area contributed by atoms with Gasteiger partial charge < -0.3 is 15.1 Å². The normalized spacial score (nSPS) is 22.0. The molecule has 2 atom stereocenters. The van der Waals surface area contributed by atoms with Crippen LogP contribution in [-0.2, 0) is 9.59 Å². The van der Waals surface area contributed by atoms with Gasteiger partial charge in [-0.1, -0.05) is 18.2 Å². The Morgan fingerprint density at radius 3 is 2.75 bits per heavy atom. The van der Waals surface area contributed by atoms with Crippen molar-refractivity contribution in [1.82, 2.24) is 4.90 Å². The fraction of sp³-hybridized carbons (Fsp3) is 0.429. The number of thioether (sulfide) groups is 1. The van der Waals surface area contributed by atoms with E-state index in [1.165, 1.54) is 16.7 Å². The summed E-state index contributed by atoms with van der Waals surface area (Å²) in [4.78, 5) is 25.5. The fourth-order valence-electron chi connectivity index (χ4n) is 2.26. The number of carboxylic acids is 1. The van der Waals surface area contributed by atoms with Crippen LogP contribution in [-0.4, -0.2) is 51.4 Å². The van der Waals surface area contributed by atoms with Gasteiger partial charge in [0.1, 0.15) is 6.04 Å². The molecule has 20 heavy (non-hydrogen) atoms. The number of aliphatic hydroxyl groups excluding tert-OH is 1. The zero-order valence-electron chi connectivity index (χ0n) is 11.2. The SMILES string of the molecule is Cc1ccccc1SCC(=O)N1CC(O)C[C@H]1C(=O)O. The lowest BCUT2D eigenvalue weighted by atomic mass is 10.2. The summed E-state index contributed by atoms with van der Waals surface area (Å²) < 4.78 is 0. The van der Waals surface area contributed by atoms with Crippen LogP contribution in [0.1, 0.15) is 12.0 Å². The van der Waals surface area contributed by atoms with E-state index in [9.17, 15) is 14.7 Å². The van der Waals surface area contributed by atoms with Crippen LogP contribution in [0.2, 0.25) is 0 Å². The summed E-state index contributed by atoms with van der Waals surface area (Å²) in [5.74, 6) is -1.13. The van der Waals surface area contributed by atoms with Crippen LogP contribution in [0.4, 0.5) is 0 Å². The highest BCUT2D eigenvalue weighted by Crippen LogP contribution is 2.24. The van der Waals surface area contributed by atoms with Crippen molar-refractivity contribution in [3.8, 4) is 0 Å². The number of benzene rings is 1. The number of carbonyl (C=O) groups is 2. The number of hydrogen-bond acceptors (Lipinski definition) is 4. The number of carboxylic acid groups (broad SMARTS) is 1. The third kappa shape index (κ3) is 3.32. The van der Waals surface area contributed by atoms with Crippen molar-refractivity contribution in [3.05, 3.63) is 29.8 Å². The van der Waals surface area contributed by atoms with E-state index in [1.807, 2.05) is 31.2 Å². The molecule has 1 heterocycles. The predicted octanol–water partition coefficient (Wildman–Crippen LogP) is 1.13. The van der Waals surface area contributed by atoms with Crippen molar-refractivity contribution < 1.29 is 19.8 Å². The average Bonchev–Trinajstić information content (AvgIpc) is 2.80. The van der Waals surface area contributed by atoms with Gasteiger partial charge in [-0.25, -0.2) is 4.79 Å². The molecular weight excluding hydrogens is 278 g/mol. The van der Waals surface area contributed by atoms with Gasteiger partial charge in [0, 0.05) is 17.9 Å². The molecule has 1 fully saturated rings. The Morgan fingerprint density at radius 1 is 1.40 bits per heavy atom. The third-order valence-corrected chi connectivity index (χ3v) is 4.49. The van der Waals surface area contributed by atoms with Crippen molar-refractivity contribution in [1.29, 1.82) is 0 Å². The molecule has 0 bridgehead atoms. The van der Waals surface area contributed by atoms with E-state index in [4.69, 9.17) is 5.11 Å². The molecule has 5 nitrogen and oxygen atoms in total.